The minimum absolute atomic E-state index is 0.0744. The van der Waals surface area contributed by atoms with Gasteiger partial charge >= 0.3 is 0 Å². The number of hydrogen-bond donors (Lipinski definition) is 1. The molecule has 0 aliphatic heterocycles. The Labute approximate surface area is 118 Å². The number of methoxy groups -OCH3 is 1. The van der Waals surface area contributed by atoms with Gasteiger partial charge in [-0.3, -0.25) is 0 Å². The van der Waals surface area contributed by atoms with Gasteiger partial charge in [0.05, 0.1) is 17.3 Å². The summed E-state index contributed by atoms with van der Waals surface area (Å²) in [5.41, 5.74) is 5.85. The number of ether oxygens (including phenoxy) is 1. The predicted octanol–water partition coefficient (Wildman–Crippen LogP) is 1.75. The Kier molecular flexibility index (Phi) is 5.81. The average molecular weight is 305 g/mol. The Bertz CT molecular complexity index is 526. The second-order valence-corrected chi connectivity index (χ2v) is 6.08. The van der Waals surface area contributed by atoms with E-state index in [1.807, 2.05) is 0 Å². The average Bonchev–Trinajstić information content (AvgIpc) is 2.33. The molecule has 0 saturated carbocycles. The summed E-state index contributed by atoms with van der Waals surface area (Å²) in [5.74, 6) is 0. The third-order valence-electron chi connectivity index (χ3n) is 2.47. The number of halogens is 1. The van der Waals surface area contributed by atoms with Crippen molar-refractivity contribution < 1.29 is 13.2 Å². The Morgan fingerprint density at radius 3 is 2.74 bits per heavy atom. The molecule has 0 spiro atoms. The number of rotatable bonds is 7. The first-order chi connectivity index (χ1) is 8.95. The summed E-state index contributed by atoms with van der Waals surface area (Å²) in [7, 11) is -2.27. The second kappa shape index (κ2) is 6.91. The first kappa shape index (κ1) is 16.0. The summed E-state index contributed by atoms with van der Waals surface area (Å²) in [4.78, 5) is -0.0744. The molecule has 19 heavy (non-hydrogen) atoms. The van der Waals surface area contributed by atoms with Gasteiger partial charge in [0.15, 0.2) is 0 Å². The fourth-order valence-electron chi connectivity index (χ4n) is 1.57. The van der Waals surface area contributed by atoms with Crippen molar-refractivity contribution in [3.05, 3.63) is 35.9 Å². The number of hydrogen-bond acceptors (Lipinski definition) is 4. The van der Waals surface area contributed by atoms with E-state index in [0.717, 1.165) is 0 Å². The second-order valence-electron chi connectivity index (χ2n) is 3.80. The predicted molar refractivity (Wildman–Crippen MR) is 76.7 cm³/mol. The van der Waals surface area contributed by atoms with Crippen LogP contribution in [0.25, 0.3) is 0 Å². The normalized spacial score (nSPS) is 11.7. The van der Waals surface area contributed by atoms with E-state index in [4.69, 9.17) is 22.1 Å². The maximum absolute atomic E-state index is 12.5. The molecule has 7 heteroatoms. The molecule has 0 heterocycles. The van der Waals surface area contributed by atoms with Crippen molar-refractivity contribution in [1.29, 1.82) is 0 Å². The van der Waals surface area contributed by atoms with E-state index < -0.39 is 10.0 Å². The molecule has 0 amide bonds. The van der Waals surface area contributed by atoms with Gasteiger partial charge in [0.2, 0.25) is 10.0 Å². The molecular weight excluding hydrogens is 288 g/mol. The van der Waals surface area contributed by atoms with Crippen LogP contribution in [0.1, 0.15) is 0 Å². The lowest BCUT2D eigenvalue weighted by molar-refractivity contribution is 0.182. The summed E-state index contributed by atoms with van der Waals surface area (Å²) >= 11 is 5.95. The van der Waals surface area contributed by atoms with Crippen molar-refractivity contribution in [1.82, 2.24) is 4.31 Å². The van der Waals surface area contributed by atoms with Crippen molar-refractivity contribution in [3.63, 3.8) is 0 Å². The number of sulfonamides is 1. The SMILES string of the molecule is C=CCN(CCOC)S(=O)(=O)c1c(N)cccc1Cl. The molecule has 5 nitrogen and oxygen atoms in total. The standard InChI is InChI=1S/C12H17ClN2O3S/c1-3-7-15(8-9-18-2)19(16,17)12-10(13)5-4-6-11(12)14/h3-6H,1,7-9,14H2,2H3. The minimum atomic E-state index is -3.77. The summed E-state index contributed by atoms with van der Waals surface area (Å²) in [6.07, 6.45) is 1.50. The monoisotopic (exact) mass is 304 g/mol. The lowest BCUT2D eigenvalue weighted by Gasteiger charge is -2.21. The van der Waals surface area contributed by atoms with Crippen LogP contribution in [-0.2, 0) is 14.8 Å². The first-order valence-electron chi connectivity index (χ1n) is 5.59. The van der Waals surface area contributed by atoms with Crippen LogP contribution in [0.15, 0.2) is 35.7 Å². The molecule has 2 N–H and O–H groups in total. The van der Waals surface area contributed by atoms with Crippen molar-refractivity contribution in [3.8, 4) is 0 Å². The molecule has 0 unspecified atom stereocenters. The largest absolute Gasteiger partial charge is 0.398 e. The first-order valence-corrected chi connectivity index (χ1v) is 7.41. The number of nitrogen functional groups attached to an aromatic ring is 1. The zero-order valence-electron chi connectivity index (χ0n) is 10.7. The highest BCUT2D eigenvalue weighted by Gasteiger charge is 2.27. The maximum atomic E-state index is 12.5. The molecule has 1 rings (SSSR count). The number of anilines is 1. The van der Waals surface area contributed by atoms with E-state index in [1.54, 1.807) is 6.07 Å². The molecule has 0 atom stereocenters. The molecule has 0 saturated heterocycles. The van der Waals surface area contributed by atoms with Crippen molar-refractivity contribution >= 4 is 27.3 Å². The van der Waals surface area contributed by atoms with Crippen LogP contribution in [0.2, 0.25) is 5.02 Å². The summed E-state index contributed by atoms with van der Waals surface area (Å²) < 4.78 is 31.2. The van der Waals surface area contributed by atoms with Gasteiger partial charge in [-0.2, -0.15) is 4.31 Å². The molecule has 0 aliphatic rings. The van der Waals surface area contributed by atoms with Gasteiger partial charge in [-0.25, -0.2) is 8.42 Å². The van der Waals surface area contributed by atoms with Crippen LogP contribution in [-0.4, -0.2) is 39.5 Å². The summed E-state index contributed by atoms with van der Waals surface area (Å²) in [5, 5.41) is 0.103. The lowest BCUT2D eigenvalue weighted by Crippen LogP contribution is -2.34. The number of nitrogens with two attached hydrogens (primary N) is 1. The van der Waals surface area contributed by atoms with Crippen molar-refractivity contribution in [2.75, 3.05) is 32.5 Å². The van der Waals surface area contributed by atoms with Crippen LogP contribution >= 0.6 is 11.6 Å². The Morgan fingerprint density at radius 2 is 2.21 bits per heavy atom. The van der Waals surface area contributed by atoms with Crippen LogP contribution in [0, 0.1) is 0 Å². The fourth-order valence-corrected chi connectivity index (χ4v) is 3.60. The van der Waals surface area contributed by atoms with E-state index >= 15 is 0 Å². The van der Waals surface area contributed by atoms with Crippen LogP contribution in [0.4, 0.5) is 5.69 Å². The summed E-state index contributed by atoms with van der Waals surface area (Å²) in [6, 6.07) is 4.60. The third-order valence-corrected chi connectivity index (χ3v) is 4.88. The van der Waals surface area contributed by atoms with Gasteiger partial charge < -0.3 is 10.5 Å². The van der Waals surface area contributed by atoms with Gasteiger partial charge in [0.1, 0.15) is 4.90 Å². The third kappa shape index (κ3) is 3.70. The Hall–Kier alpha value is -1.08. The van der Waals surface area contributed by atoms with Crippen molar-refractivity contribution in [2.24, 2.45) is 0 Å². The van der Waals surface area contributed by atoms with Crippen molar-refractivity contribution in [2.45, 2.75) is 4.90 Å². The topological polar surface area (TPSA) is 72.6 Å². The van der Waals surface area contributed by atoms with Gasteiger partial charge in [0.25, 0.3) is 0 Å². The summed E-state index contributed by atoms with van der Waals surface area (Å²) in [6.45, 7) is 4.19. The highest BCUT2D eigenvalue weighted by Crippen LogP contribution is 2.29. The maximum Gasteiger partial charge on any atom is 0.246 e. The van der Waals surface area contributed by atoms with E-state index in [2.05, 4.69) is 6.58 Å². The van der Waals surface area contributed by atoms with Gasteiger partial charge in [-0.1, -0.05) is 23.7 Å². The molecular formula is C12H17ClN2O3S. The highest BCUT2D eigenvalue weighted by molar-refractivity contribution is 7.89. The van der Waals surface area contributed by atoms with Gasteiger partial charge in [-0.05, 0) is 12.1 Å². The molecule has 0 radical (unpaired) electrons. The fraction of sp³-hybridized carbons (Fsp3) is 0.333. The molecule has 1 aromatic carbocycles. The molecule has 0 fully saturated rings. The lowest BCUT2D eigenvalue weighted by atomic mass is 10.3. The van der Waals surface area contributed by atoms with Gasteiger partial charge in [-0.15, -0.1) is 6.58 Å². The number of benzene rings is 1. The molecule has 0 bridgehead atoms. The van der Waals surface area contributed by atoms with E-state index in [9.17, 15) is 8.42 Å². The van der Waals surface area contributed by atoms with Gasteiger partial charge in [0, 0.05) is 20.2 Å². The van der Waals surface area contributed by atoms with Crippen LogP contribution in [0.3, 0.4) is 0 Å². The minimum Gasteiger partial charge on any atom is -0.398 e. The van der Waals surface area contributed by atoms with E-state index in [-0.39, 0.29) is 35.3 Å². The quantitative estimate of drug-likeness (QED) is 0.615. The molecule has 0 aromatic heterocycles. The Morgan fingerprint density at radius 1 is 1.53 bits per heavy atom. The van der Waals surface area contributed by atoms with E-state index in [0.29, 0.717) is 0 Å². The Balaban J connectivity index is 3.22. The van der Waals surface area contributed by atoms with E-state index in [1.165, 1.54) is 29.6 Å². The number of nitrogens with zero attached hydrogens (tertiary/aromatic N) is 1. The zero-order chi connectivity index (χ0) is 14.5. The zero-order valence-corrected chi connectivity index (χ0v) is 12.2. The smallest absolute Gasteiger partial charge is 0.246 e. The highest BCUT2D eigenvalue weighted by atomic mass is 35.5. The van der Waals surface area contributed by atoms with Crippen LogP contribution < -0.4 is 5.73 Å². The molecule has 106 valence electrons. The molecule has 1 aromatic rings. The van der Waals surface area contributed by atoms with Crippen LogP contribution in [0.5, 0.6) is 0 Å². The molecule has 0 aliphatic carbocycles.